The van der Waals surface area contributed by atoms with Crippen molar-refractivity contribution in [3.63, 3.8) is 0 Å². The van der Waals surface area contributed by atoms with Gasteiger partial charge in [0.2, 0.25) is 0 Å². The number of hydrogen-bond donors (Lipinski definition) is 0. The molecule has 1 aliphatic heterocycles. The first-order chi connectivity index (χ1) is 15.5. The van der Waals surface area contributed by atoms with Crippen LogP contribution in [0.1, 0.15) is 47.6 Å². The van der Waals surface area contributed by atoms with Crippen LogP contribution < -0.4 is 0 Å². The molecule has 1 aliphatic rings. The van der Waals surface area contributed by atoms with Gasteiger partial charge in [-0.2, -0.15) is 0 Å². The first kappa shape index (κ1) is 22.5. The molecule has 0 unspecified atom stereocenters. The smallest absolute Gasteiger partial charge is 0.410 e. The van der Waals surface area contributed by atoms with Gasteiger partial charge in [-0.1, -0.05) is 41.9 Å². The Morgan fingerprint density at radius 1 is 1.25 bits per heavy atom. The van der Waals surface area contributed by atoms with Crippen molar-refractivity contribution in [2.45, 2.75) is 32.3 Å². The molecule has 1 atom stereocenters. The summed E-state index contributed by atoms with van der Waals surface area (Å²) < 4.78 is 12.9. The minimum atomic E-state index is -0.511. The molecule has 10 heteroatoms. The van der Waals surface area contributed by atoms with Crippen molar-refractivity contribution < 1.29 is 19.1 Å². The number of ether oxygens (including phenoxy) is 2. The quantitative estimate of drug-likeness (QED) is 0.447. The van der Waals surface area contributed by atoms with Gasteiger partial charge in [-0.3, -0.25) is 4.40 Å². The summed E-state index contributed by atoms with van der Waals surface area (Å²) in [7, 11) is 0. The number of likely N-dealkylation sites (tertiary alicyclic amines) is 1. The Morgan fingerprint density at radius 2 is 2.03 bits per heavy atom. The van der Waals surface area contributed by atoms with E-state index in [4.69, 9.17) is 21.1 Å². The van der Waals surface area contributed by atoms with Gasteiger partial charge in [-0.15, -0.1) is 0 Å². The molecule has 0 bridgehead atoms. The Hall–Kier alpha value is -2.65. The molecule has 0 spiro atoms. The zero-order chi connectivity index (χ0) is 22.7. The van der Waals surface area contributed by atoms with Crippen LogP contribution in [0.4, 0.5) is 4.79 Å². The number of rotatable bonds is 5. The average Bonchev–Trinajstić information content (AvgIpc) is 3.16. The van der Waals surface area contributed by atoms with Crippen molar-refractivity contribution in [3.05, 3.63) is 63.4 Å². The van der Waals surface area contributed by atoms with Gasteiger partial charge in [0.25, 0.3) is 0 Å². The van der Waals surface area contributed by atoms with Crippen molar-refractivity contribution in [1.29, 1.82) is 0 Å². The third kappa shape index (κ3) is 4.59. The highest BCUT2D eigenvalue weighted by Crippen LogP contribution is 2.33. The van der Waals surface area contributed by atoms with E-state index in [0.29, 0.717) is 29.0 Å². The van der Waals surface area contributed by atoms with E-state index >= 15 is 0 Å². The number of amides is 1. The monoisotopic (exact) mass is 520 g/mol. The number of nitrogens with zero attached hydrogens (tertiary/aromatic N) is 4. The lowest BCUT2D eigenvalue weighted by molar-refractivity contribution is 0.0515. The number of esters is 1. The lowest BCUT2D eigenvalue weighted by Gasteiger charge is -2.31. The van der Waals surface area contributed by atoms with Gasteiger partial charge in [-0.25, -0.2) is 19.6 Å². The lowest BCUT2D eigenvalue weighted by Crippen LogP contribution is -2.40. The Morgan fingerprint density at radius 3 is 2.78 bits per heavy atom. The molecule has 0 radical (unpaired) electrons. The second-order valence-corrected chi connectivity index (χ2v) is 8.53. The first-order valence-electron chi connectivity index (χ1n) is 10.3. The molecule has 4 rings (SSSR count). The molecule has 0 N–H and O–H groups in total. The molecule has 3 aromatic rings. The van der Waals surface area contributed by atoms with Gasteiger partial charge in [0.1, 0.15) is 22.6 Å². The minimum Gasteiger partial charge on any atom is -0.461 e. The summed E-state index contributed by atoms with van der Waals surface area (Å²) in [5, 5.41) is 0.221. The van der Waals surface area contributed by atoms with E-state index in [1.165, 1.54) is 6.20 Å². The fourth-order valence-corrected chi connectivity index (χ4v) is 4.74. The summed E-state index contributed by atoms with van der Waals surface area (Å²) in [6, 6.07) is 9.55. The highest BCUT2D eigenvalue weighted by molar-refractivity contribution is 9.10. The van der Waals surface area contributed by atoms with Crippen LogP contribution in [-0.2, 0) is 16.1 Å². The number of hydrogen-bond acceptors (Lipinski definition) is 6. The van der Waals surface area contributed by atoms with Crippen LogP contribution in [0.5, 0.6) is 0 Å². The number of carbonyl (C=O) groups excluding carboxylic acids is 2. The standard InChI is InChI=1S/C22H22BrClN4O4/c1-2-31-21(29)16-11-25-19(24)17-18(23)26-20(28(16)17)15-9-6-10-27(12-15)22(30)32-13-14-7-4-3-5-8-14/h3-5,7-8,11,15H,2,6,9-10,12-13H2,1H3/t15-/m1/s1. The zero-order valence-corrected chi connectivity index (χ0v) is 19.8. The number of imidazole rings is 1. The molecule has 1 aromatic carbocycles. The molecule has 168 valence electrons. The fourth-order valence-electron chi connectivity index (χ4n) is 3.86. The van der Waals surface area contributed by atoms with E-state index in [1.807, 2.05) is 30.3 Å². The zero-order valence-electron chi connectivity index (χ0n) is 17.5. The van der Waals surface area contributed by atoms with Crippen LogP contribution in [0.2, 0.25) is 5.15 Å². The van der Waals surface area contributed by atoms with Gasteiger partial charge < -0.3 is 14.4 Å². The second kappa shape index (κ2) is 9.87. The Bertz CT molecular complexity index is 1140. The maximum Gasteiger partial charge on any atom is 0.410 e. The highest BCUT2D eigenvalue weighted by atomic mass is 79.9. The van der Waals surface area contributed by atoms with Gasteiger partial charge in [0, 0.05) is 19.0 Å². The number of fused-ring (bicyclic) bond motifs is 1. The predicted molar refractivity (Wildman–Crippen MR) is 122 cm³/mol. The summed E-state index contributed by atoms with van der Waals surface area (Å²) in [6.45, 7) is 3.21. The van der Waals surface area contributed by atoms with Crippen LogP contribution in [0, 0.1) is 0 Å². The Balaban J connectivity index is 1.59. The van der Waals surface area contributed by atoms with Crippen LogP contribution in [0.25, 0.3) is 5.52 Å². The molecule has 1 saturated heterocycles. The fraction of sp³-hybridized carbons (Fsp3) is 0.364. The topological polar surface area (TPSA) is 86.0 Å². The SMILES string of the molecule is CCOC(=O)c1cnc(Cl)c2c(Br)nc([C@@H]3CCCN(C(=O)OCc4ccccc4)C3)n12. The number of benzene rings is 1. The maximum atomic E-state index is 12.7. The van der Waals surface area contributed by atoms with Crippen molar-refractivity contribution >= 4 is 45.1 Å². The van der Waals surface area contributed by atoms with Crippen molar-refractivity contribution in [2.24, 2.45) is 0 Å². The Kier molecular flexibility index (Phi) is 6.95. The molecular weight excluding hydrogens is 500 g/mol. The molecule has 1 fully saturated rings. The number of piperidine rings is 1. The average molecular weight is 522 g/mol. The van der Waals surface area contributed by atoms with E-state index in [1.54, 1.807) is 16.2 Å². The molecule has 0 saturated carbocycles. The lowest BCUT2D eigenvalue weighted by atomic mass is 9.97. The van der Waals surface area contributed by atoms with E-state index < -0.39 is 5.97 Å². The van der Waals surface area contributed by atoms with Crippen LogP contribution in [0.15, 0.2) is 41.1 Å². The van der Waals surface area contributed by atoms with E-state index in [-0.39, 0.29) is 36.1 Å². The predicted octanol–water partition coefficient (Wildman–Crippen LogP) is 4.84. The largest absolute Gasteiger partial charge is 0.461 e. The van der Waals surface area contributed by atoms with Crippen LogP contribution in [0.3, 0.4) is 0 Å². The van der Waals surface area contributed by atoms with Crippen molar-refractivity contribution in [2.75, 3.05) is 19.7 Å². The van der Waals surface area contributed by atoms with E-state index in [0.717, 1.165) is 18.4 Å². The summed E-state index contributed by atoms with van der Waals surface area (Å²) in [5.41, 5.74) is 1.66. The molecule has 2 aromatic heterocycles. The summed E-state index contributed by atoms with van der Waals surface area (Å²) in [5.74, 6) is 0.000934. The molecule has 1 amide bonds. The number of halogens is 2. The maximum absolute atomic E-state index is 12.7. The molecular formula is C22H22BrClN4O4. The number of aromatic nitrogens is 3. The third-order valence-electron chi connectivity index (χ3n) is 5.33. The van der Waals surface area contributed by atoms with Crippen molar-refractivity contribution in [3.8, 4) is 0 Å². The summed E-state index contributed by atoms with van der Waals surface area (Å²) in [4.78, 5) is 35.7. The minimum absolute atomic E-state index is 0.113. The van der Waals surface area contributed by atoms with Crippen LogP contribution in [-0.4, -0.2) is 51.0 Å². The first-order valence-corrected chi connectivity index (χ1v) is 11.5. The van der Waals surface area contributed by atoms with Crippen molar-refractivity contribution in [1.82, 2.24) is 19.3 Å². The van der Waals surface area contributed by atoms with Gasteiger partial charge >= 0.3 is 12.1 Å². The van der Waals surface area contributed by atoms with E-state index in [2.05, 4.69) is 25.9 Å². The Labute approximate surface area is 198 Å². The normalized spacial score (nSPS) is 16.2. The van der Waals surface area contributed by atoms with Gasteiger partial charge in [-0.05, 0) is 41.3 Å². The molecule has 3 heterocycles. The third-order valence-corrected chi connectivity index (χ3v) is 6.16. The molecule has 32 heavy (non-hydrogen) atoms. The van der Waals surface area contributed by atoms with E-state index in [9.17, 15) is 9.59 Å². The number of carbonyl (C=O) groups is 2. The summed E-state index contributed by atoms with van der Waals surface area (Å²) in [6.07, 6.45) is 2.60. The molecule has 8 nitrogen and oxygen atoms in total. The van der Waals surface area contributed by atoms with Crippen LogP contribution >= 0.6 is 27.5 Å². The second-order valence-electron chi connectivity index (χ2n) is 7.42. The highest BCUT2D eigenvalue weighted by Gasteiger charge is 2.31. The summed E-state index contributed by atoms with van der Waals surface area (Å²) >= 11 is 9.75. The molecule has 0 aliphatic carbocycles. The van der Waals surface area contributed by atoms with Gasteiger partial charge in [0.15, 0.2) is 10.8 Å². The van der Waals surface area contributed by atoms with Gasteiger partial charge in [0.05, 0.1) is 12.8 Å².